The fourth-order valence-corrected chi connectivity index (χ4v) is 2.42. The lowest BCUT2D eigenvalue weighted by atomic mass is 10.0. The number of anilines is 1. The molecule has 4 nitrogen and oxygen atoms in total. The second kappa shape index (κ2) is 3.34. The van der Waals surface area contributed by atoms with Crippen LogP contribution in [0.2, 0.25) is 0 Å². The lowest BCUT2D eigenvalue weighted by Gasteiger charge is -2.18. The summed E-state index contributed by atoms with van der Waals surface area (Å²) < 4.78 is 25.2. The van der Waals surface area contributed by atoms with Crippen molar-refractivity contribution in [3.63, 3.8) is 0 Å². The number of nitrogens with zero attached hydrogens (tertiary/aromatic N) is 1. The molecule has 1 N–H and O–H groups in total. The van der Waals surface area contributed by atoms with Gasteiger partial charge in [0.05, 0.1) is 16.8 Å². The van der Waals surface area contributed by atoms with Gasteiger partial charge >= 0.3 is 0 Å². The van der Waals surface area contributed by atoms with Crippen LogP contribution in [0.1, 0.15) is 31.0 Å². The Labute approximate surface area is 89.1 Å². The van der Waals surface area contributed by atoms with Crippen molar-refractivity contribution in [2.75, 3.05) is 4.72 Å². The minimum Gasteiger partial charge on any atom is -0.278 e. The summed E-state index contributed by atoms with van der Waals surface area (Å²) in [6.45, 7) is 3.96. The Balaban J connectivity index is 2.63. The van der Waals surface area contributed by atoms with Gasteiger partial charge in [0.15, 0.2) is 0 Å². The highest BCUT2D eigenvalue weighted by atomic mass is 32.2. The Kier molecular flexibility index (Phi) is 2.26. The van der Waals surface area contributed by atoms with E-state index in [-0.39, 0.29) is 5.92 Å². The zero-order valence-corrected chi connectivity index (χ0v) is 9.38. The average molecular weight is 224 g/mol. The third kappa shape index (κ3) is 1.87. The molecule has 1 aromatic rings. The smallest absolute Gasteiger partial charge is 0.255 e. The number of fused-ring (bicyclic) bond motifs is 1. The normalized spacial score (nSPS) is 17.3. The SMILES string of the molecule is CC(C)c1nccc2c1NS(=O)(=O)C=C2. The van der Waals surface area contributed by atoms with Crippen LogP contribution in [0.4, 0.5) is 5.69 Å². The van der Waals surface area contributed by atoms with Gasteiger partial charge in [-0.1, -0.05) is 13.8 Å². The van der Waals surface area contributed by atoms with Gasteiger partial charge in [0.25, 0.3) is 10.0 Å². The van der Waals surface area contributed by atoms with Crippen molar-refractivity contribution in [3.05, 3.63) is 28.9 Å². The second-order valence-corrected chi connectivity index (χ2v) is 5.33. The molecule has 1 aromatic heterocycles. The Hall–Kier alpha value is -1.36. The molecule has 1 aliphatic heterocycles. The molecule has 0 atom stereocenters. The zero-order valence-electron chi connectivity index (χ0n) is 8.56. The third-order valence-electron chi connectivity index (χ3n) is 2.23. The highest BCUT2D eigenvalue weighted by Gasteiger charge is 2.19. The first-order chi connectivity index (χ1) is 6.99. The number of hydrogen-bond acceptors (Lipinski definition) is 3. The van der Waals surface area contributed by atoms with Gasteiger partial charge in [0.1, 0.15) is 0 Å². The minimum atomic E-state index is -3.32. The van der Waals surface area contributed by atoms with E-state index >= 15 is 0 Å². The maximum absolute atomic E-state index is 11.4. The van der Waals surface area contributed by atoms with Crippen molar-refractivity contribution < 1.29 is 8.42 Å². The van der Waals surface area contributed by atoms with Crippen LogP contribution in [0.3, 0.4) is 0 Å². The quantitative estimate of drug-likeness (QED) is 0.793. The number of aromatic nitrogens is 1. The van der Waals surface area contributed by atoms with E-state index in [0.717, 1.165) is 11.3 Å². The fourth-order valence-electron chi connectivity index (χ4n) is 1.52. The third-order valence-corrected chi connectivity index (χ3v) is 3.21. The second-order valence-electron chi connectivity index (χ2n) is 3.76. The van der Waals surface area contributed by atoms with Crippen LogP contribution in [0.15, 0.2) is 17.7 Å². The predicted octanol–water partition coefficient (Wildman–Crippen LogP) is 1.93. The summed E-state index contributed by atoms with van der Waals surface area (Å²) in [5.74, 6) is 0.189. The monoisotopic (exact) mass is 224 g/mol. The van der Waals surface area contributed by atoms with Crippen LogP contribution >= 0.6 is 0 Å². The van der Waals surface area contributed by atoms with Crippen LogP contribution in [0.5, 0.6) is 0 Å². The van der Waals surface area contributed by atoms with Gasteiger partial charge in [-0.05, 0) is 18.1 Å². The lowest BCUT2D eigenvalue weighted by molar-refractivity contribution is 0.609. The van der Waals surface area contributed by atoms with Crippen molar-refractivity contribution in [1.82, 2.24) is 4.98 Å². The van der Waals surface area contributed by atoms with E-state index in [1.807, 2.05) is 13.8 Å². The van der Waals surface area contributed by atoms with Crippen LogP contribution in [0.25, 0.3) is 6.08 Å². The lowest BCUT2D eigenvalue weighted by Crippen LogP contribution is -2.16. The molecule has 0 amide bonds. The molecule has 0 bridgehead atoms. The maximum Gasteiger partial charge on any atom is 0.255 e. The molecular weight excluding hydrogens is 212 g/mol. The standard InChI is InChI=1S/C10H12N2O2S/c1-7(2)9-10-8(3-5-11-9)4-6-15(13,14)12-10/h3-7,12H,1-2H3. The van der Waals surface area contributed by atoms with E-state index < -0.39 is 10.0 Å². The molecule has 0 spiro atoms. The molecule has 0 aliphatic carbocycles. The molecule has 15 heavy (non-hydrogen) atoms. The Bertz CT molecular complexity index is 518. The van der Waals surface area contributed by atoms with Crippen LogP contribution in [-0.4, -0.2) is 13.4 Å². The summed E-state index contributed by atoms with van der Waals surface area (Å²) in [4.78, 5) is 4.20. The van der Waals surface area contributed by atoms with Gasteiger partial charge in [-0.15, -0.1) is 0 Å². The summed E-state index contributed by atoms with van der Waals surface area (Å²) in [5.41, 5.74) is 2.25. The minimum absolute atomic E-state index is 0.189. The molecule has 2 rings (SSSR count). The first-order valence-corrected chi connectivity index (χ1v) is 6.24. The van der Waals surface area contributed by atoms with Gasteiger partial charge in [0, 0.05) is 11.8 Å². The largest absolute Gasteiger partial charge is 0.278 e. The van der Waals surface area contributed by atoms with E-state index in [9.17, 15) is 8.42 Å². The van der Waals surface area contributed by atoms with Gasteiger partial charge in [-0.25, -0.2) is 8.42 Å². The summed E-state index contributed by atoms with van der Waals surface area (Å²) in [6, 6.07) is 1.79. The van der Waals surface area contributed by atoms with Crippen molar-refractivity contribution in [1.29, 1.82) is 0 Å². The van der Waals surface area contributed by atoms with Gasteiger partial charge < -0.3 is 0 Å². The number of pyridine rings is 1. The molecule has 2 heterocycles. The number of nitrogens with one attached hydrogen (secondary N) is 1. The number of rotatable bonds is 1. The summed E-state index contributed by atoms with van der Waals surface area (Å²) >= 11 is 0. The molecule has 5 heteroatoms. The Morgan fingerprint density at radius 1 is 1.40 bits per heavy atom. The number of hydrogen-bond donors (Lipinski definition) is 1. The van der Waals surface area contributed by atoms with Crippen molar-refractivity contribution in [3.8, 4) is 0 Å². The van der Waals surface area contributed by atoms with Crippen LogP contribution in [0, 0.1) is 0 Å². The van der Waals surface area contributed by atoms with Gasteiger partial charge in [-0.3, -0.25) is 9.71 Å². The van der Waals surface area contributed by atoms with Gasteiger partial charge in [-0.2, -0.15) is 0 Å². The molecule has 0 saturated carbocycles. The highest BCUT2D eigenvalue weighted by molar-refractivity contribution is 7.95. The summed E-state index contributed by atoms with van der Waals surface area (Å²) in [6.07, 6.45) is 3.28. The fraction of sp³-hybridized carbons (Fsp3) is 0.300. The summed E-state index contributed by atoms with van der Waals surface area (Å²) in [5, 5.41) is 1.17. The Morgan fingerprint density at radius 2 is 2.13 bits per heavy atom. The molecular formula is C10H12N2O2S. The Morgan fingerprint density at radius 3 is 2.80 bits per heavy atom. The summed E-state index contributed by atoms with van der Waals surface area (Å²) in [7, 11) is -3.32. The average Bonchev–Trinajstić information content (AvgIpc) is 2.15. The van der Waals surface area contributed by atoms with Crippen molar-refractivity contribution >= 4 is 21.8 Å². The molecule has 1 aliphatic rings. The molecule has 0 radical (unpaired) electrons. The molecule has 0 unspecified atom stereocenters. The van der Waals surface area contributed by atoms with Gasteiger partial charge in [0.2, 0.25) is 0 Å². The maximum atomic E-state index is 11.4. The zero-order chi connectivity index (χ0) is 11.1. The topological polar surface area (TPSA) is 59.1 Å². The van der Waals surface area contributed by atoms with Crippen LogP contribution in [-0.2, 0) is 10.0 Å². The van der Waals surface area contributed by atoms with Crippen molar-refractivity contribution in [2.24, 2.45) is 0 Å². The van der Waals surface area contributed by atoms with E-state index in [1.165, 1.54) is 5.41 Å². The molecule has 80 valence electrons. The first kappa shape index (κ1) is 10.2. The van der Waals surface area contributed by atoms with Crippen LogP contribution < -0.4 is 4.72 Å². The predicted molar refractivity (Wildman–Crippen MR) is 59.9 cm³/mol. The molecule has 0 fully saturated rings. The molecule has 0 saturated heterocycles. The van der Waals surface area contributed by atoms with E-state index in [2.05, 4.69) is 9.71 Å². The van der Waals surface area contributed by atoms with E-state index in [4.69, 9.17) is 0 Å². The number of sulfonamides is 1. The molecule has 0 aromatic carbocycles. The van der Waals surface area contributed by atoms with Crippen molar-refractivity contribution in [2.45, 2.75) is 19.8 Å². The van der Waals surface area contributed by atoms with E-state index in [1.54, 1.807) is 18.3 Å². The first-order valence-electron chi connectivity index (χ1n) is 4.69. The van der Waals surface area contributed by atoms with E-state index in [0.29, 0.717) is 5.69 Å². The highest BCUT2D eigenvalue weighted by Crippen LogP contribution is 2.30.